The van der Waals surface area contributed by atoms with E-state index in [1.807, 2.05) is 12.1 Å². The van der Waals surface area contributed by atoms with E-state index in [2.05, 4.69) is 5.32 Å². The Hall–Kier alpha value is -1.55. The Morgan fingerprint density at radius 3 is 2.44 bits per heavy atom. The molecule has 0 aliphatic carbocycles. The molecule has 5 heteroatoms. The highest BCUT2D eigenvalue weighted by atomic mass is 35.5. The van der Waals surface area contributed by atoms with Crippen LogP contribution in [0.5, 0.6) is 0 Å². The molecule has 16 heavy (non-hydrogen) atoms. The normalized spacial score (nSPS) is 15.7. The fourth-order valence-corrected chi connectivity index (χ4v) is 1.77. The molecule has 1 fully saturated rings. The molecule has 1 aromatic carbocycles. The lowest BCUT2D eigenvalue weighted by atomic mass is 10.3. The van der Waals surface area contributed by atoms with Crippen molar-refractivity contribution in [2.45, 2.75) is 12.8 Å². The van der Waals surface area contributed by atoms with Crippen molar-refractivity contribution in [3.8, 4) is 0 Å². The van der Waals surface area contributed by atoms with Gasteiger partial charge in [-0.1, -0.05) is 23.7 Å². The average molecular weight is 239 g/mol. The number of nitrogens with one attached hydrogen (secondary N) is 1. The summed E-state index contributed by atoms with van der Waals surface area (Å²) in [6.45, 7) is 0.182. The number of halogens is 1. The molecule has 1 aliphatic heterocycles. The maximum atomic E-state index is 11.3. The Morgan fingerprint density at radius 2 is 1.81 bits per heavy atom. The van der Waals surface area contributed by atoms with Gasteiger partial charge in [0.25, 0.3) is 0 Å². The van der Waals surface area contributed by atoms with Gasteiger partial charge in [-0.3, -0.25) is 14.5 Å². The molecule has 0 saturated carbocycles. The summed E-state index contributed by atoms with van der Waals surface area (Å²) in [5, 5.41) is 3.54. The highest BCUT2D eigenvalue weighted by Gasteiger charge is 2.28. The topological polar surface area (TPSA) is 49.4 Å². The van der Waals surface area contributed by atoms with Crippen LogP contribution in [-0.4, -0.2) is 23.4 Å². The van der Waals surface area contributed by atoms with Gasteiger partial charge in [-0.05, 0) is 12.1 Å². The number of benzene rings is 1. The predicted molar refractivity (Wildman–Crippen MR) is 61.0 cm³/mol. The molecule has 1 aromatic rings. The van der Waals surface area contributed by atoms with Crippen LogP contribution < -0.4 is 5.32 Å². The van der Waals surface area contributed by atoms with Gasteiger partial charge in [-0.15, -0.1) is 0 Å². The van der Waals surface area contributed by atoms with Crippen LogP contribution in [-0.2, 0) is 9.59 Å². The van der Waals surface area contributed by atoms with Gasteiger partial charge in [0.1, 0.15) is 0 Å². The summed E-state index contributed by atoms with van der Waals surface area (Å²) in [6.07, 6.45) is 0.617. The average Bonchev–Trinajstić information content (AvgIpc) is 2.58. The lowest BCUT2D eigenvalue weighted by Gasteiger charge is -2.16. The third-order valence-corrected chi connectivity index (χ3v) is 2.79. The minimum atomic E-state index is -0.135. The van der Waals surface area contributed by atoms with Crippen molar-refractivity contribution in [2.75, 3.05) is 12.0 Å². The molecule has 0 atom stereocenters. The van der Waals surface area contributed by atoms with Crippen LogP contribution in [0.1, 0.15) is 12.8 Å². The first kappa shape index (κ1) is 11.0. The molecular weight excluding hydrogens is 228 g/mol. The zero-order valence-corrected chi connectivity index (χ0v) is 9.33. The number of nitrogens with zero attached hydrogens (tertiary/aromatic N) is 1. The second kappa shape index (κ2) is 4.53. The number of likely N-dealkylation sites (tertiary alicyclic amines) is 1. The smallest absolute Gasteiger partial charge is 0.231 e. The second-order valence-corrected chi connectivity index (χ2v) is 3.94. The summed E-state index contributed by atoms with van der Waals surface area (Å²) >= 11 is 5.93. The van der Waals surface area contributed by atoms with Gasteiger partial charge in [0.15, 0.2) is 0 Å². The summed E-state index contributed by atoms with van der Waals surface area (Å²) in [4.78, 5) is 23.9. The maximum Gasteiger partial charge on any atom is 0.231 e. The van der Waals surface area contributed by atoms with Crippen LogP contribution in [0.15, 0.2) is 24.3 Å². The van der Waals surface area contributed by atoms with Gasteiger partial charge in [-0.2, -0.15) is 0 Å². The van der Waals surface area contributed by atoms with Crippen LogP contribution in [0.2, 0.25) is 5.02 Å². The van der Waals surface area contributed by atoms with E-state index in [0.717, 1.165) is 5.69 Å². The quantitative estimate of drug-likeness (QED) is 0.818. The van der Waals surface area contributed by atoms with Gasteiger partial charge in [0.2, 0.25) is 11.8 Å². The third-order valence-electron chi connectivity index (χ3n) is 2.46. The number of para-hydroxylation sites is 1. The Bertz CT molecular complexity index is 418. The number of carbonyl (C=O) groups excluding carboxylic acids is 2. The number of rotatable bonds is 3. The molecule has 1 heterocycles. The lowest BCUT2D eigenvalue weighted by Crippen LogP contribution is -2.33. The minimum absolute atomic E-state index is 0.135. The summed E-state index contributed by atoms with van der Waals surface area (Å²) in [7, 11) is 0. The van der Waals surface area contributed by atoms with Gasteiger partial charge in [-0.25, -0.2) is 0 Å². The molecule has 0 radical (unpaired) electrons. The van der Waals surface area contributed by atoms with Gasteiger partial charge in [0.05, 0.1) is 17.4 Å². The number of anilines is 1. The zero-order chi connectivity index (χ0) is 11.5. The van der Waals surface area contributed by atoms with Crippen molar-refractivity contribution in [1.82, 2.24) is 4.90 Å². The molecule has 0 spiro atoms. The Morgan fingerprint density at radius 1 is 1.19 bits per heavy atom. The third kappa shape index (κ3) is 2.17. The second-order valence-electron chi connectivity index (χ2n) is 3.53. The molecule has 1 aliphatic rings. The van der Waals surface area contributed by atoms with Crippen LogP contribution >= 0.6 is 11.6 Å². The van der Waals surface area contributed by atoms with Crippen molar-refractivity contribution in [1.29, 1.82) is 0 Å². The van der Waals surface area contributed by atoms with Crippen LogP contribution in [0.4, 0.5) is 5.69 Å². The van der Waals surface area contributed by atoms with Crippen molar-refractivity contribution in [3.63, 3.8) is 0 Å². The summed E-state index contributed by atoms with van der Waals surface area (Å²) in [5.41, 5.74) is 0.719. The van der Waals surface area contributed by atoms with E-state index in [4.69, 9.17) is 11.6 Å². The standard InChI is InChI=1S/C11H11ClN2O2/c12-8-3-1-2-4-9(8)13-7-14-10(15)5-6-11(14)16/h1-4,13H,5-7H2. The SMILES string of the molecule is O=C1CCC(=O)N1CNc1ccccc1Cl. The van der Waals surface area contributed by atoms with E-state index in [1.54, 1.807) is 12.1 Å². The van der Waals surface area contributed by atoms with Crippen molar-refractivity contribution in [3.05, 3.63) is 29.3 Å². The van der Waals surface area contributed by atoms with Crippen molar-refractivity contribution >= 4 is 29.1 Å². The van der Waals surface area contributed by atoms with Gasteiger partial charge in [0, 0.05) is 12.8 Å². The Labute approximate surface area is 98.2 Å². The molecule has 1 N–H and O–H groups in total. The number of carbonyl (C=O) groups is 2. The highest BCUT2D eigenvalue weighted by molar-refractivity contribution is 6.33. The molecule has 0 aromatic heterocycles. The Balaban J connectivity index is 2.00. The largest absolute Gasteiger partial charge is 0.366 e. The fraction of sp³-hybridized carbons (Fsp3) is 0.273. The zero-order valence-electron chi connectivity index (χ0n) is 8.57. The molecule has 0 bridgehead atoms. The summed E-state index contributed by atoms with van der Waals surface area (Å²) in [5.74, 6) is -0.269. The van der Waals surface area contributed by atoms with Gasteiger partial charge < -0.3 is 5.32 Å². The molecule has 4 nitrogen and oxygen atoms in total. The predicted octanol–water partition coefficient (Wildman–Crippen LogP) is 1.86. The van der Waals surface area contributed by atoms with E-state index >= 15 is 0 Å². The number of hydrogen-bond donors (Lipinski definition) is 1. The molecule has 0 unspecified atom stereocenters. The van der Waals surface area contributed by atoms with E-state index in [-0.39, 0.29) is 18.5 Å². The van der Waals surface area contributed by atoms with Gasteiger partial charge >= 0.3 is 0 Å². The first-order chi connectivity index (χ1) is 7.68. The minimum Gasteiger partial charge on any atom is -0.366 e. The maximum absolute atomic E-state index is 11.3. The molecule has 84 valence electrons. The first-order valence-electron chi connectivity index (χ1n) is 5.00. The van der Waals surface area contributed by atoms with Crippen molar-refractivity contribution in [2.24, 2.45) is 0 Å². The fourth-order valence-electron chi connectivity index (χ4n) is 1.57. The van der Waals surface area contributed by atoms with Crippen LogP contribution in [0, 0.1) is 0 Å². The van der Waals surface area contributed by atoms with Crippen LogP contribution in [0.25, 0.3) is 0 Å². The monoisotopic (exact) mass is 238 g/mol. The van der Waals surface area contributed by atoms with Crippen molar-refractivity contribution < 1.29 is 9.59 Å². The summed E-state index contributed by atoms with van der Waals surface area (Å²) in [6, 6.07) is 7.20. The molecule has 2 amide bonds. The summed E-state index contributed by atoms with van der Waals surface area (Å²) < 4.78 is 0. The molecular formula is C11H11ClN2O2. The highest BCUT2D eigenvalue weighted by Crippen LogP contribution is 2.21. The van der Waals surface area contributed by atoms with Crippen LogP contribution in [0.3, 0.4) is 0 Å². The lowest BCUT2D eigenvalue weighted by molar-refractivity contribution is -0.137. The molecule has 1 saturated heterocycles. The number of imide groups is 1. The molecule has 2 rings (SSSR count). The van der Waals surface area contributed by atoms with E-state index in [0.29, 0.717) is 17.9 Å². The first-order valence-corrected chi connectivity index (χ1v) is 5.38. The number of amides is 2. The van der Waals surface area contributed by atoms with E-state index in [1.165, 1.54) is 4.90 Å². The van der Waals surface area contributed by atoms with E-state index < -0.39 is 0 Å². The Kier molecular flexibility index (Phi) is 3.10. The number of hydrogen-bond acceptors (Lipinski definition) is 3. The van der Waals surface area contributed by atoms with E-state index in [9.17, 15) is 9.59 Å².